The second-order valence-electron chi connectivity index (χ2n) is 10.9. The van der Waals surface area contributed by atoms with Gasteiger partial charge in [0.1, 0.15) is 28.7 Å². The average Bonchev–Trinajstić information content (AvgIpc) is 3.53. The van der Waals surface area contributed by atoms with Gasteiger partial charge in [-0.05, 0) is 42.7 Å². The molecule has 3 aromatic heterocycles. The number of halogens is 3. The molecule has 6 rings (SSSR count). The first-order chi connectivity index (χ1) is 19.8. The van der Waals surface area contributed by atoms with Crippen LogP contribution in [0.4, 0.5) is 19.0 Å². The van der Waals surface area contributed by atoms with Crippen LogP contribution in [0.1, 0.15) is 29.0 Å². The van der Waals surface area contributed by atoms with Crippen LogP contribution in [0.3, 0.4) is 0 Å². The van der Waals surface area contributed by atoms with Crippen molar-refractivity contribution in [2.24, 2.45) is 0 Å². The van der Waals surface area contributed by atoms with Crippen molar-refractivity contribution in [2.75, 3.05) is 51.1 Å². The Kier molecular flexibility index (Phi) is 8.12. The highest BCUT2D eigenvalue weighted by Gasteiger charge is 2.29. The summed E-state index contributed by atoms with van der Waals surface area (Å²) in [5.41, 5.74) is 3.03. The van der Waals surface area contributed by atoms with E-state index >= 15 is 0 Å². The molecule has 0 amide bonds. The number of fused-ring (bicyclic) bond motifs is 2. The number of rotatable bonds is 8. The fraction of sp³-hybridized carbons (Fsp3) is 0.483. The normalized spacial score (nSPS) is 17.8. The Bertz CT molecular complexity index is 1540. The zero-order valence-corrected chi connectivity index (χ0v) is 23.6. The van der Waals surface area contributed by atoms with Crippen molar-refractivity contribution in [3.63, 3.8) is 0 Å². The van der Waals surface area contributed by atoms with Gasteiger partial charge in [0, 0.05) is 80.7 Å². The van der Waals surface area contributed by atoms with E-state index in [1.165, 1.54) is 11.9 Å². The minimum atomic E-state index is -4.24. The number of hydrogen-bond acceptors (Lipinski definition) is 8. The number of piperidine rings is 1. The third-order valence-corrected chi connectivity index (χ3v) is 9.06. The Morgan fingerprint density at radius 1 is 1.02 bits per heavy atom. The largest absolute Gasteiger partial charge is 0.393 e. The summed E-state index contributed by atoms with van der Waals surface area (Å²) in [6.07, 6.45) is -1.95. The van der Waals surface area contributed by atoms with Crippen molar-refractivity contribution in [3.8, 4) is 6.07 Å². The molecule has 2 saturated heterocycles. The highest BCUT2D eigenvalue weighted by atomic mass is 32.1. The van der Waals surface area contributed by atoms with Gasteiger partial charge in [0.15, 0.2) is 0 Å². The van der Waals surface area contributed by atoms with E-state index in [-0.39, 0.29) is 10.9 Å². The van der Waals surface area contributed by atoms with Crippen LogP contribution in [0.5, 0.6) is 0 Å². The number of hydrogen-bond donors (Lipinski definition) is 2. The molecule has 0 radical (unpaired) electrons. The Morgan fingerprint density at radius 3 is 2.59 bits per heavy atom. The standard InChI is InChI=1S/C29H33F3N8S/c30-29(31,32)16-24-15-25-27(35-19-36-28(25)41-24)37-22-3-7-39(8-4-22)18-20-1-2-26-21(13-20)14-23(17-33)40(26)12-11-38-9-5-34-6-10-38/h1-2,13-15,19,22,34H,3-12,16,18H2,(H,35,36,37). The van der Waals surface area contributed by atoms with Crippen molar-refractivity contribution >= 4 is 38.3 Å². The Labute approximate surface area is 240 Å². The molecule has 5 heterocycles. The molecule has 12 heteroatoms. The fourth-order valence-electron chi connectivity index (χ4n) is 5.92. The molecule has 0 spiro atoms. The number of nitriles is 1. The van der Waals surface area contributed by atoms with E-state index in [0.717, 1.165) is 94.0 Å². The van der Waals surface area contributed by atoms with E-state index in [2.05, 4.69) is 59.2 Å². The summed E-state index contributed by atoms with van der Waals surface area (Å²) in [6.45, 7) is 8.49. The molecule has 8 nitrogen and oxygen atoms in total. The molecule has 0 saturated carbocycles. The van der Waals surface area contributed by atoms with Crippen LogP contribution in [-0.4, -0.2) is 82.4 Å². The molecule has 2 aliphatic rings. The number of nitrogens with one attached hydrogen (secondary N) is 2. The topological polar surface area (TPSA) is 85.0 Å². The van der Waals surface area contributed by atoms with Crippen molar-refractivity contribution in [1.82, 2.24) is 29.7 Å². The van der Waals surface area contributed by atoms with E-state index in [0.29, 0.717) is 21.7 Å². The van der Waals surface area contributed by atoms with E-state index in [1.807, 2.05) is 6.07 Å². The van der Waals surface area contributed by atoms with Crippen LogP contribution in [0, 0.1) is 11.3 Å². The Morgan fingerprint density at radius 2 is 1.83 bits per heavy atom. The Balaban J connectivity index is 1.06. The van der Waals surface area contributed by atoms with Gasteiger partial charge in [0.25, 0.3) is 0 Å². The van der Waals surface area contributed by atoms with Crippen LogP contribution in [0.2, 0.25) is 0 Å². The van der Waals surface area contributed by atoms with Gasteiger partial charge in [-0.3, -0.25) is 9.80 Å². The molecule has 0 atom stereocenters. The molecule has 0 aliphatic carbocycles. The number of nitrogens with zero attached hydrogens (tertiary/aromatic N) is 6. The summed E-state index contributed by atoms with van der Waals surface area (Å²) < 4.78 is 40.8. The second kappa shape index (κ2) is 11.9. The molecule has 0 unspecified atom stereocenters. The quantitative estimate of drug-likeness (QED) is 0.314. The molecular formula is C29H33F3N8S. The highest BCUT2D eigenvalue weighted by molar-refractivity contribution is 7.18. The zero-order valence-electron chi connectivity index (χ0n) is 22.8. The summed E-state index contributed by atoms with van der Waals surface area (Å²) >= 11 is 1.07. The SMILES string of the molecule is N#Cc1cc2cc(CN3CCC(Nc4ncnc5sc(CC(F)(F)F)cc45)CC3)ccc2n1CCN1CCNCC1. The first-order valence-electron chi connectivity index (χ1n) is 14.1. The molecule has 216 valence electrons. The summed E-state index contributed by atoms with van der Waals surface area (Å²) in [5, 5.41) is 18.4. The molecule has 4 aromatic rings. The Hall–Kier alpha value is -3.24. The van der Waals surface area contributed by atoms with Crippen LogP contribution in [0.25, 0.3) is 21.1 Å². The van der Waals surface area contributed by atoms with Crippen molar-refractivity contribution < 1.29 is 13.2 Å². The van der Waals surface area contributed by atoms with Crippen molar-refractivity contribution in [3.05, 3.63) is 52.8 Å². The minimum absolute atomic E-state index is 0.195. The van der Waals surface area contributed by atoms with Gasteiger partial charge in [0.2, 0.25) is 0 Å². The van der Waals surface area contributed by atoms with Crippen LogP contribution in [0.15, 0.2) is 36.7 Å². The van der Waals surface area contributed by atoms with E-state index in [4.69, 9.17) is 0 Å². The lowest BCUT2D eigenvalue weighted by Gasteiger charge is -2.32. The maximum Gasteiger partial charge on any atom is 0.393 e. The predicted octanol–water partition coefficient (Wildman–Crippen LogP) is 4.60. The fourth-order valence-corrected chi connectivity index (χ4v) is 6.95. The third kappa shape index (κ3) is 6.64. The number of aromatic nitrogens is 3. The average molecular weight is 583 g/mol. The first kappa shape index (κ1) is 27.9. The molecule has 41 heavy (non-hydrogen) atoms. The molecule has 2 N–H and O–H groups in total. The van der Waals surface area contributed by atoms with Gasteiger partial charge in [-0.25, -0.2) is 9.97 Å². The van der Waals surface area contributed by atoms with Gasteiger partial charge in [-0.1, -0.05) is 6.07 Å². The highest BCUT2D eigenvalue weighted by Crippen LogP contribution is 2.33. The summed E-state index contributed by atoms with van der Waals surface area (Å²) in [6, 6.07) is 12.7. The van der Waals surface area contributed by atoms with Gasteiger partial charge >= 0.3 is 6.18 Å². The van der Waals surface area contributed by atoms with E-state index in [1.54, 1.807) is 6.07 Å². The monoisotopic (exact) mass is 582 g/mol. The maximum absolute atomic E-state index is 12.9. The van der Waals surface area contributed by atoms with Crippen molar-refractivity contribution in [1.29, 1.82) is 5.26 Å². The summed E-state index contributed by atoms with van der Waals surface area (Å²) in [7, 11) is 0. The second-order valence-corrected chi connectivity index (χ2v) is 12.0. The van der Waals surface area contributed by atoms with Crippen LogP contribution >= 0.6 is 11.3 Å². The summed E-state index contributed by atoms with van der Waals surface area (Å²) in [5.74, 6) is 0.610. The van der Waals surface area contributed by atoms with Gasteiger partial charge in [-0.2, -0.15) is 18.4 Å². The lowest BCUT2D eigenvalue weighted by atomic mass is 10.0. The number of thiophene rings is 1. The zero-order chi connectivity index (χ0) is 28.4. The maximum atomic E-state index is 12.9. The van der Waals surface area contributed by atoms with Crippen LogP contribution in [-0.2, 0) is 19.5 Å². The first-order valence-corrected chi connectivity index (χ1v) is 14.9. The molecule has 1 aromatic carbocycles. The third-order valence-electron chi connectivity index (χ3n) is 8.02. The van der Waals surface area contributed by atoms with Crippen LogP contribution < -0.4 is 10.6 Å². The number of benzene rings is 1. The van der Waals surface area contributed by atoms with Gasteiger partial charge in [-0.15, -0.1) is 11.3 Å². The predicted molar refractivity (Wildman–Crippen MR) is 155 cm³/mol. The number of anilines is 1. The molecule has 0 bridgehead atoms. The lowest BCUT2D eigenvalue weighted by Crippen LogP contribution is -2.44. The van der Waals surface area contributed by atoms with Crippen molar-refractivity contribution in [2.45, 2.75) is 44.6 Å². The number of likely N-dealkylation sites (tertiary alicyclic amines) is 1. The van der Waals surface area contributed by atoms with Gasteiger partial charge in [0.05, 0.1) is 11.8 Å². The van der Waals surface area contributed by atoms with E-state index < -0.39 is 12.6 Å². The number of alkyl halides is 3. The molecule has 2 fully saturated rings. The summed E-state index contributed by atoms with van der Waals surface area (Å²) in [4.78, 5) is 14.2. The lowest BCUT2D eigenvalue weighted by molar-refractivity contribution is -0.126. The molecular weight excluding hydrogens is 549 g/mol. The smallest absolute Gasteiger partial charge is 0.367 e. The van der Waals surface area contributed by atoms with E-state index in [9.17, 15) is 18.4 Å². The minimum Gasteiger partial charge on any atom is -0.367 e. The molecule has 2 aliphatic heterocycles. The van der Waals surface area contributed by atoms with Gasteiger partial charge < -0.3 is 15.2 Å². The number of piperazine rings is 1.